The largest absolute Gasteiger partial charge is 0.419 e. The molecule has 0 aliphatic carbocycles. The lowest BCUT2D eigenvalue weighted by molar-refractivity contribution is -0.385. The van der Waals surface area contributed by atoms with Gasteiger partial charge < -0.3 is 4.74 Å². The van der Waals surface area contributed by atoms with Gasteiger partial charge in [0.1, 0.15) is 9.92 Å². The van der Waals surface area contributed by atoms with Gasteiger partial charge >= 0.3 is 21.9 Å². The normalized spacial score (nSPS) is 14.9. The third-order valence-corrected chi connectivity index (χ3v) is 3.72. The Balaban J connectivity index is 3.55. The Kier molecular flexibility index (Phi) is 4.14. The van der Waals surface area contributed by atoms with E-state index in [9.17, 15) is 34.3 Å². The van der Waals surface area contributed by atoms with E-state index in [2.05, 4.69) is 4.74 Å². The number of carbonyl (C=O) groups is 1. The van der Waals surface area contributed by atoms with Gasteiger partial charge in [0.15, 0.2) is 0 Å². The quantitative estimate of drug-likeness (QED) is 0.222. The van der Waals surface area contributed by atoms with Gasteiger partial charge in [-0.1, -0.05) is 38.0 Å². The van der Waals surface area contributed by atoms with Crippen molar-refractivity contribution in [2.24, 2.45) is 0 Å². The number of benzene rings is 1. The number of nitro groups is 1. The van der Waals surface area contributed by atoms with Crippen molar-refractivity contribution in [3.63, 3.8) is 0 Å². The Bertz CT molecular complexity index is 649. The van der Waals surface area contributed by atoms with Crippen LogP contribution in [-0.2, 0) is 4.79 Å². The van der Waals surface area contributed by atoms with Crippen LogP contribution in [0.2, 0.25) is 5.02 Å². The minimum Gasteiger partial charge on any atom is -0.419 e. The van der Waals surface area contributed by atoms with Crippen molar-refractivity contribution in [1.82, 2.24) is 0 Å². The van der Waals surface area contributed by atoms with Crippen molar-refractivity contribution in [2.45, 2.75) is 24.7 Å². The number of hydrogen-bond donors (Lipinski definition) is 0. The molecule has 0 bridgehead atoms. The molecule has 0 atom stereocenters. The molecule has 0 saturated carbocycles. The van der Waals surface area contributed by atoms with Gasteiger partial charge in [-0.3, -0.25) is 14.9 Å². The molecule has 0 aromatic heterocycles. The lowest BCUT2D eigenvalue weighted by atomic mass is 10.3. The molecule has 0 aliphatic rings. The van der Waals surface area contributed by atoms with Crippen molar-refractivity contribution in [2.75, 3.05) is 0 Å². The predicted octanol–water partition coefficient (Wildman–Crippen LogP) is 5.61. The lowest BCUT2D eigenvalue weighted by Crippen LogP contribution is -2.11. The molecule has 5 nitrogen and oxygen atoms in total. The topological polar surface area (TPSA) is 69.4 Å². The molecule has 0 amide bonds. The van der Waals surface area contributed by atoms with E-state index < -0.39 is 42.5 Å². The average molecular weight is 370 g/mol. The van der Waals surface area contributed by atoms with Crippen molar-refractivity contribution < 1.29 is 33.9 Å². The summed E-state index contributed by atoms with van der Waals surface area (Å²) in [4.78, 5) is 18.3. The van der Waals surface area contributed by atoms with Crippen LogP contribution >= 0.6 is 21.8 Å². The van der Waals surface area contributed by atoms with E-state index in [1.54, 1.807) is 0 Å². The second-order valence-corrected chi connectivity index (χ2v) is 7.02. The third kappa shape index (κ3) is 4.44. The molecule has 0 heterocycles. The number of carbonyl (C=O) groups excluding carboxylic acids is 1. The van der Waals surface area contributed by atoms with E-state index in [4.69, 9.17) is 11.6 Å². The van der Waals surface area contributed by atoms with Crippen LogP contribution in [0.1, 0.15) is 19.8 Å². The van der Waals surface area contributed by atoms with Gasteiger partial charge in [0.05, 0.1) is 4.92 Å². The van der Waals surface area contributed by atoms with Crippen LogP contribution in [-0.4, -0.2) is 10.9 Å². The number of ether oxygens (including phenoxy) is 1. The van der Waals surface area contributed by atoms with Crippen LogP contribution < -0.4 is 4.74 Å². The average Bonchev–Trinajstić information content (AvgIpc) is 2.24. The first-order valence-electron chi connectivity index (χ1n) is 5.58. The second kappa shape index (κ2) is 4.95. The summed E-state index contributed by atoms with van der Waals surface area (Å²) in [6.45, 7) is 1.54. The fourth-order valence-electron chi connectivity index (χ4n) is 1.41. The number of rotatable bonds is 5. The van der Waals surface area contributed by atoms with E-state index in [1.165, 1.54) is 6.92 Å². The third-order valence-electron chi connectivity index (χ3n) is 2.31. The van der Waals surface area contributed by atoms with E-state index in [0.717, 1.165) is 0 Å². The molecule has 1 aromatic carbocycles. The van der Waals surface area contributed by atoms with E-state index >= 15 is 0 Å². The summed E-state index contributed by atoms with van der Waals surface area (Å²) in [5, 5.41) is 9.56. The van der Waals surface area contributed by atoms with Gasteiger partial charge in [-0.15, -0.1) is 0 Å². The molecule has 12 heteroatoms. The second-order valence-electron chi connectivity index (χ2n) is 4.20. The first-order chi connectivity index (χ1) is 9.65. The van der Waals surface area contributed by atoms with Crippen LogP contribution in [0.4, 0.5) is 25.1 Å². The minimum atomic E-state index is -10.1. The van der Waals surface area contributed by atoms with Gasteiger partial charge in [-0.2, -0.15) is 0 Å². The summed E-state index contributed by atoms with van der Waals surface area (Å²) in [5.74, 6) is -2.39. The zero-order valence-corrected chi connectivity index (χ0v) is 12.4. The maximum atomic E-state index is 12.8. The Morgan fingerprint density at radius 2 is 1.86 bits per heavy atom. The minimum absolute atomic E-state index is 0.238. The van der Waals surface area contributed by atoms with Crippen molar-refractivity contribution in [3.05, 3.63) is 27.3 Å². The van der Waals surface area contributed by atoms with Gasteiger partial charge in [-0.25, -0.2) is 0 Å². The summed E-state index contributed by atoms with van der Waals surface area (Å²) >= 11 is 5.27. The van der Waals surface area contributed by atoms with Crippen LogP contribution in [0.5, 0.6) is 5.75 Å². The van der Waals surface area contributed by atoms with Crippen LogP contribution in [0, 0.1) is 10.1 Å². The Morgan fingerprint density at radius 3 is 2.27 bits per heavy atom. The van der Waals surface area contributed by atoms with Crippen LogP contribution in [0.25, 0.3) is 0 Å². The zero-order chi connectivity index (χ0) is 17.4. The highest BCUT2D eigenvalue weighted by molar-refractivity contribution is 8.45. The summed E-state index contributed by atoms with van der Waals surface area (Å²) in [6, 6.07) is -0.558. The first kappa shape index (κ1) is 18.4. The molecule has 0 fully saturated rings. The van der Waals surface area contributed by atoms with E-state index in [-0.39, 0.29) is 25.0 Å². The smallest absolute Gasteiger partial charge is 0.330 e. The van der Waals surface area contributed by atoms with Gasteiger partial charge in [0, 0.05) is 12.5 Å². The Morgan fingerprint density at radius 1 is 1.32 bits per heavy atom. The van der Waals surface area contributed by atoms with Crippen molar-refractivity contribution in [1.29, 1.82) is 0 Å². The number of hydrogen-bond acceptors (Lipinski definition) is 4. The maximum Gasteiger partial charge on any atom is 0.330 e. The maximum absolute atomic E-state index is 12.8. The Labute approximate surface area is 125 Å². The van der Waals surface area contributed by atoms with Gasteiger partial charge in [-0.05, 0) is 12.5 Å². The summed E-state index contributed by atoms with van der Waals surface area (Å²) in [6.07, 6.45) is -0.0307. The molecular weight excluding hydrogens is 361 g/mol. The number of halogens is 6. The molecule has 0 N–H and O–H groups in total. The highest BCUT2D eigenvalue weighted by Crippen LogP contribution is 3.02. The molecule has 0 spiro atoms. The fourth-order valence-corrected chi connectivity index (χ4v) is 2.42. The number of esters is 1. The molecule has 0 radical (unpaired) electrons. The van der Waals surface area contributed by atoms with Crippen LogP contribution in [0.3, 0.4) is 0 Å². The molecule has 126 valence electrons. The number of nitro benzene ring substituents is 1. The molecule has 1 aromatic rings. The lowest BCUT2D eigenvalue weighted by Gasteiger charge is -2.40. The SMILES string of the molecule is CCCC(=O)Oc1cc(S(F)(F)(F)(F)F)cc(Cl)c1[N+](=O)[O-]. The van der Waals surface area contributed by atoms with Gasteiger partial charge in [0.25, 0.3) is 0 Å². The van der Waals surface area contributed by atoms with Crippen molar-refractivity contribution in [3.8, 4) is 5.75 Å². The summed E-state index contributed by atoms with van der Waals surface area (Å²) in [5.41, 5.74) is -1.20. The van der Waals surface area contributed by atoms with Crippen LogP contribution in [0.15, 0.2) is 17.0 Å². The first-order valence-corrected chi connectivity index (χ1v) is 7.91. The summed E-state index contributed by atoms with van der Waals surface area (Å²) in [7, 11) is -10.1. The molecule has 0 aliphatic heterocycles. The van der Waals surface area contributed by atoms with E-state index in [1.807, 2.05) is 0 Å². The predicted molar refractivity (Wildman–Crippen MR) is 70.0 cm³/mol. The Hall–Kier alpha value is -1.62. The molecule has 1 rings (SSSR count). The summed E-state index contributed by atoms with van der Waals surface area (Å²) < 4.78 is 68.2. The van der Waals surface area contributed by atoms with Gasteiger partial charge in [0.2, 0.25) is 5.75 Å². The molecule has 0 unspecified atom stereocenters. The highest BCUT2D eigenvalue weighted by atomic mass is 35.5. The van der Waals surface area contributed by atoms with E-state index in [0.29, 0.717) is 0 Å². The fraction of sp³-hybridized carbons (Fsp3) is 0.300. The molecular formula is C10H9ClF5NO4S. The monoisotopic (exact) mass is 369 g/mol. The zero-order valence-electron chi connectivity index (χ0n) is 10.8. The standard InChI is InChI=1S/C10H9ClF5NO4S/c1-2-3-9(18)21-8-5-6(22(12,13,14,15)16)4-7(11)10(8)17(19)20/h4-5H,2-3H2,1H3. The number of nitrogens with zero attached hydrogens (tertiary/aromatic N) is 1. The van der Waals surface area contributed by atoms with Crippen molar-refractivity contribution >= 4 is 33.5 Å². The molecule has 0 saturated heterocycles. The highest BCUT2D eigenvalue weighted by Gasteiger charge is 2.66. The molecule has 22 heavy (non-hydrogen) atoms.